The normalized spacial score (nSPS) is 21.1. The van der Waals surface area contributed by atoms with Gasteiger partial charge in [0.15, 0.2) is 0 Å². The molecule has 0 N–H and O–H groups in total. The van der Waals surface area contributed by atoms with Crippen LogP contribution in [0.3, 0.4) is 0 Å². The van der Waals surface area contributed by atoms with Gasteiger partial charge in [-0.2, -0.15) is 9.37 Å². The minimum atomic E-state index is -0.648. The lowest BCUT2D eigenvalue weighted by atomic mass is 10.6. The second kappa shape index (κ2) is 7.41. The summed E-state index contributed by atoms with van der Waals surface area (Å²) in [5, 5.41) is 0. The zero-order valence-electron chi connectivity index (χ0n) is 11.6. The van der Waals surface area contributed by atoms with Crippen LogP contribution in [0.2, 0.25) is 0 Å². The van der Waals surface area contributed by atoms with Crippen molar-refractivity contribution in [1.29, 1.82) is 0 Å². The van der Waals surface area contributed by atoms with Gasteiger partial charge in [-0.3, -0.25) is 4.79 Å². The Morgan fingerprint density at radius 3 is 3.10 bits per heavy atom. The first-order valence-electron chi connectivity index (χ1n) is 6.31. The number of halogens is 1. The summed E-state index contributed by atoms with van der Waals surface area (Å²) in [7, 11) is 0. The SMILES string of the molecule is CCOc1nc(OCC2OC(OC(C)=O)CS2)ncc1F. The Labute approximate surface area is 125 Å². The maximum absolute atomic E-state index is 13.3. The van der Waals surface area contributed by atoms with Crippen molar-refractivity contribution in [2.75, 3.05) is 19.0 Å². The van der Waals surface area contributed by atoms with E-state index in [0.29, 0.717) is 12.4 Å². The lowest BCUT2D eigenvalue weighted by molar-refractivity contribution is -0.171. The van der Waals surface area contributed by atoms with Gasteiger partial charge >= 0.3 is 12.0 Å². The molecule has 1 aromatic heterocycles. The molecule has 1 aliphatic heterocycles. The van der Waals surface area contributed by atoms with Crippen LogP contribution in [0.1, 0.15) is 13.8 Å². The van der Waals surface area contributed by atoms with Gasteiger partial charge in [0, 0.05) is 6.92 Å². The highest BCUT2D eigenvalue weighted by molar-refractivity contribution is 8.00. The van der Waals surface area contributed by atoms with E-state index in [1.54, 1.807) is 6.92 Å². The molecule has 0 aliphatic carbocycles. The van der Waals surface area contributed by atoms with E-state index in [2.05, 4.69) is 9.97 Å². The monoisotopic (exact) mass is 318 g/mol. The number of carbonyl (C=O) groups is 1. The molecule has 9 heteroatoms. The van der Waals surface area contributed by atoms with E-state index < -0.39 is 18.1 Å². The van der Waals surface area contributed by atoms with Crippen LogP contribution in [-0.4, -0.2) is 46.6 Å². The molecule has 0 amide bonds. The molecule has 0 bridgehead atoms. The first kappa shape index (κ1) is 15.8. The molecule has 2 heterocycles. The van der Waals surface area contributed by atoms with Crippen LogP contribution in [0, 0.1) is 5.82 Å². The average Bonchev–Trinajstić information content (AvgIpc) is 2.86. The fourth-order valence-corrected chi connectivity index (χ4v) is 2.44. The maximum atomic E-state index is 13.3. The van der Waals surface area contributed by atoms with Crippen molar-refractivity contribution < 1.29 is 28.1 Å². The largest absolute Gasteiger partial charge is 0.476 e. The summed E-state index contributed by atoms with van der Waals surface area (Å²) in [6, 6.07) is -0.0000127. The van der Waals surface area contributed by atoms with Gasteiger partial charge in [-0.1, -0.05) is 0 Å². The summed E-state index contributed by atoms with van der Waals surface area (Å²) in [5.41, 5.74) is -0.307. The Hall–Kier alpha value is -1.61. The predicted molar refractivity (Wildman–Crippen MR) is 71.5 cm³/mol. The molecule has 1 fully saturated rings. The Bertz CT molecular complexity index is 505. The second-order valence-electron chi connectivity index (χ2n) is 3.99. The molecule has 1 aliphatic rings. The van der Waals surface area contributed by atoms with Gasteiger partial charge in [0.1, 0.15) is 12.0 Å². The van der Waals surface area contributed by atoms with Gasteiger partial charge in [-0.15, -0.1) is 11.8 Å². The molecule has 0 radical (unpaired) electrons. The predicted octanol–water partition coefficient (Wildman–Crippen LogP) is 1.37. The number of nitrogens with zero attached hydrogens (tertiary/aromatic N) is 2. The minimum Gasteiger partial charge on any atom is -0.476 e. The first-order valence-corrected chi connectivity index (χ1v) is 7.35. The first-order chi connectivity index (χ1) is 10.1. The van der Waals surface area contributed by atoms with E-state index >= 15 is 0 Å². The van der Waals surface area contributed by atoms with Gasteiger partial charge in [-0.25, -0.2) is 4.98 Å². The molecule has 2 atom stereocenters. The third-order valence-corrected chi connectivity index (χ3v) is 3.42. The number of hydrogen-bond donors (Lipinski definition) is 0. The molecular formula is C12H15FN2O5S. The summed E-state index contributed by atoms with van der Waals surface area (Å²) in [6.45, 7) is 3.48. The molecule has 116 valence electrons. The Kier molecular flexibility index (Phi) is 5.57. The highest BCUT2D eigenvalue weighted by Crippen LogP contribution is 2.26. The molecule has 1 saturated heterocycles. The van der Waals surface area contributed by atoms with Gasteiger partial charge in [0.2, 0.25) is 12.1 Å². The molecule has 0 aromatic carbocycles. The van der Waals surface area contributed by atoms with Crippen LogP contribution >= 0.6 is 11.8 Å². The molecule has 1 aromatic rings. The number of esters is 1. The number of aromatic nitrogens is 2. The summed E-state index contributed by atoms with van der Waals surface area (Å²) < 4.78 is 34.0. The third-order valence-electron chi connectivity index (χ3n) is 2.34. The number of thioether (sulfide) groups is 1. The number of rotatable bonds is 6. The van der Waals surface area contributed by atoms with Crippen molar-refractivity contribution in [2.45, 2.75) is 25.6 Å². The van der Waals surface area contributed by atoms with E-state index in [0.717, 1.165) is 6.20 Å². The van der Waals surface area contributed by atoms with Crippen molar-refractivity contribution in [2.24, 2.45) is 0 Å². The number of carbonyl (C=O) groups excluding carboxylic acids is 1. The molecule has 0 spiro atoms. The van der Waals surface area contributed by atoms with Gasteiger partial charge in [-0.05, 0) is 6.92 Å². The average molecular weight is 318 g/mol. The standard InChI is InChI=1S/C12H15FN2O5S/c1-3-17-11-8(13)4-14-12(15-11)18-5-10-20-9(6-21-10)19-7(2)16/h4,9-10H,3,5-6H2,1-2H3. The molecule has 7 nitrogen and oxygen atoms in total. The Morgan fingerprint density at radius 2 is 2.38 bits per heavy atom. The summed E-state index contributed by atoms with van der Waals surface area (Å²) in [5.74, 6) is -0.668. The van der Waals surface area contributed by atoms with E-state index in [1.807, 2.05) is 0 Å². The lowest BCUT2D eigenvalue weighted by Gasteiger charge is -2.12. The summed E-state index contributed by atoms with van der Waals surface area (Å²) >= 11 is 1.44. The minimum absolute atomic E-state index is 0.0000127. The van der Waals surface area contributed by atoms with E-state index in [4.69, 9.17) is 18.9 Å². The quantitative estimate of drug-likeness (QED) is 0.728. The molecular weight excluding hydrogens is 303 g/mol. The van der Waals surface area contributed by atoms with Gasteiger partial charge in [0.25, 0.3) is 5.88 Å². The van der Waals surface area contributed by atoms with E-state index in [-0.39, 0.29) is 23.9 Å². The van der Waals surface area contributed by atoms with Crippen molar-refractivity contribution in [1.82, 2.24) is 9.97 Å². The maximum Gasteiger partial charge on any atom is 0.319 e. The van der Waals surface area contributed by atoms with Gasteiger partial charge in [0.05, 0.1) is 18.6 Å². The number of ether oxygens (including phenoxy) is 4. The number of hydrogen-bond acceptors (Lipinski definition) is 8. The summed E-state index contributed by atoms with van der Waals surface area (Å²) in [6.07, 6.45) is 0.409. The Morgan fingerprint density at radius 1 is 1.57 bits per heavy atom. The van der Waals surface area contributed by atoms with Crippen LogP contribution in [-0.2, 0) is 14.3 Å². The highest BCUT2D eigenvalue weighted by atomic mass is 32.2. The van der Waals surface area contributed by atoms with Crippen LogP contribution in [0.25, 0.3) is 0 Å². The van der Waals surface area contributed by atoms with Crippen molar-refractivity contribution in [3.8, 4) is 11.9 Å². The molecule has 2 unspecified atom stereocenters. The zero-order valence-corrected chi connectivity index (χ0v) is 12.4. The topological polar surface area (TPSA) is 79.8 Å². The summed E-state index contributed by atoms with van der Waals surface area (Å²) in [4.78, 5) is 18.3. The van der Waals surface area contributed by atoms with Crippen LogP contribution in [0.4, 0.5) is 4.39 Å². The molecule has 2 rings (SSSR count). The Balaban J connectivity index is 1.83. The second-order valence-corrected chi connectivity index (χ2v) is 5.18. The fourth-order valence-electron chi connectivity index (χ4n) is 1.55. The van der Waals surface area contributed by atoms with Crippen molar-refractivity contribution in [3.63, 3.8) is 0 Å². The third kappa shape index (κ3) is 4.71. The van der Waals surface area contributed by atoms with Crippen LogP contribution < -0.4 is 9.47 Å². The lowest BCUT2D eigenvalue weighted by Crippen LogP contribution is -2.22. The zero-order chi connectivity index (χ0) is 15.2. The van der Waals surface area contributed by atoms with Crippen LogP contribution in [0.5, 0.6) is 11.9 Å². The van der Waals surface area contributed by atoms with Gasteiger partial charge < -0.3 is 18.9 Å². The molecule has 21 heavy (non-hydrogen) atoms. The van der Waals surface area contributed by atoms with Crippen LogP contribution in [0.15, 0.2) is 6.20 Å². The molecule has 0 saturated carbocycles. The fraction of sp³-hybridized carbons (Fsp3) is 0.583. The highest BCUT2D eigenvalue weighted by Gasteiger charge is 2.28. The van der Waals surface area contributed by atoms with E-state index in [9.17, 15) is 9.18 Å². The van der Waals surface area contributed by atoms with E-state index in [1.165, 1.54) is 18.7 Å². The van der Waals surface area contributed by atoms with Crippen molar-refractivity contribution >= 4 is 17.7 Å². The smallest absolute Gasteiger partial charge is 0.319 e. The van der Waals surface area contributed by atoms with Crippen molar-refractivity contribution in [3.05, 3.63) is 12.0 Å².